The van der Waals surface area contributed by atoms with Crippen molar-refractivity contribution in [2.24, 2.45) is 5.92 Å². The number of furan rings is 1. The Balaban J connectivity index is 2.06. The van der Waals surface area contributed by atoms with Gasteiger partial charge in [0.25, 0.3) is 0 Å². The molecule has 0 bridgehead atoms. The molecular weight excluding hydrogens is 394 g/mol. The van der Waals surface area contributed by atoms with E-state index in [1.807, 2.05) is 0 Å². The Morgan fingerprint density at radius 3 is 2.59 bits per heavy atom. The van der Waals surface area contributed by atoms with Gasteiger partial charge in [0.05, 0.1) is 23.3 Å². The lowest BCUT2D eigenvalue weighted by atomic mass is 9.84. The Bertz CT molecular complexity index is 992. The summed E-state index contributed by atoms with van der Waals surface area (Å²) < 4.78 is 19.5. The third-order valence-electron chi connectivity index (χ3n) is 3.97. The lowest BCUT2D eigenvalue weighted by Gasteiger charge is -2.22. The lowest BCUT2D eigenvalue weighted by molar-refractivity contribution is 0.0787. The molecule has 8 heteroatoms. The smallest absolute Gasteiger partial charge is 0.194 e. The van der Waals surface area contributed by atoms with Crippen molar-refractivity contribution in [2.45, 2.75) is 6.10 Å². The Kier molecular flexibility index (Phi) is 5.70. The van der Waals surface area contributed by atoms with Gasteiger partial charge in [-0.3, -0.25) is 9.78 Å². The molecule has 27 heavy (non-hydrogen) atoms. The van der Waals surface area contributed by atoms with Gasteiger partial charge in [-0.25, -0.2) is 4.39 Å². The topological polar surface area (TPSA) is 87.2 Å². The Labute approximate surface area is 163 Å². The van der Waals surface area contributed by atoms with Crippen LogP contribution >= 0.6 is 23.2 Å². The quantitative estimate of drug-likeness (QED) is 0.457. The van der Waals surface area contributed by atoms with Crippen molar-refractivity contribution in [3.8, 4) is 0 Å². The SMILES string of the molecule is N=C(c1ccc(Cl)o1)C(C(=O)c1ccc(Cl)cc1F)C(O)c1cccnc1. The van der Waals surface area contributed by atoms with Gasteiger partial charge in [-0.05, 0) is 53.6 Å². The second-order valence-corrected chi connectivity index (χ2v) is 6.52. The Morgan fingerprint density at radius 2 is 2.00 bits per heavy atom. The first-order valence-electron chi connectivity index (χ1n) is 7.80. The molecule has 0 saturated carbocycles. The number of carbonyl (C=O) groups is 1. The number of rotatable bonds is 6. The van der Waals surface area contributed by atoms with Crippen LogP contribution in [0.4, 0.5) is 4.39 Å². The number of hydrogen-bond acceptors (Lipinski definition) is 5. The van der Waals surface area contributed by atoms with Crippen LogP contribution < -0.4 is 0 Å². The molecule has 0 amide bonds. The minimum Gasteiger partial charge on any atom is -0.443 e. The van der Waals surface area contributed by atoms with E-state index in [1.165, 1.54) is 36.7 Å². The molecule has 0 aliphatic carbocycles. The molecule has 0 fully saturated rings. The first kappa shape index (κ1) is 19.2. The van der Waals surface area contributed by atoms with Crippen LogP contribution in [0.3, 0.4) is 0 Å². The molecule has 3 rings (SSSR count). The van der Waals surface area contributed by atoms with Gasteiger partial charge in [0, 0.05) is 17.4 Å². The average Bonchev–Trinajstić information content (AvgIpc) is 3.08. The second-order valence-electron chi connectivity index (χ2n) is 5.71. The molecule has 2 heterocycles. The monoisotopic (exact) mass is 406 g/mol. The van der Waals surface area contributed by atoms with Crippen molar-refractivity contribution >= 4 is 34.7 Å². The van der Waals surface area contributed by atoms with Crippen LogP contribution in [0.2, 0.25) is 10.2 Å². The number of aliphatic hydroxyl groups is 1. The maximum atomic E-state index is 14.3. The van der Waals surface area contributed by atoms with Crippen molar-refractivity contribution in [1.29, 1.82) is 5.41 Å². The number of benzene rings is 1. The fraction of sp³-hybridized carbons (Fsp3) is 0.105. The second kappa shape index (κ2) is 8.00. The van der Waals surface area contributed by atoms with Crippen LogP contribution in [-0.2, 0) is 0 Å². The molecule has 1 aromatic carbocycles. The summed E-state index contributed by atoms with van der Waals surface area (Å²) in [4.78, 5) is 16.9. The number of hydrogen-bond donors (Lipinski definition) is 2. The highest BCUT2D eigenvalue weighted by molar-refractivity contribution is 6.31. The Morgan fingerprint density at radius 1 is 1.22 bits per heavy atom. The number of nitrogens with zero attached hydrogens (tertiary/aromatic N) is 1. The zero-order valence-electron chi connectivity index (χ0n) is 13.7. The lowest BCUT2D eigenvalue weighted by Crippen LogP contribution is -2.31. The zero-order valence-corrected chi connectivity index (χ0v) is 15.2. The first-order valence-corrected chi connectivity index (χ1v) is 8.55. The number of halogens is 3. The fourth-order valence-corrected chi connectivity index (χ4v) is 2.95. The van der Waals surface area contributed by atoms with Crippen molar-refractivity contribution in [3.05, 3.63) is 87.8 Å². The number of nitrogens with one attached hydrogen (secondary N) is 1. The van der Waals surface area contributed by atoms with Gasteiger partial charge in [-0.15, -0.1) is 0 Å². The first-order chi connectivity index (χ1) is 12.9. The van der Waals surface area contributed by atoms with E-state index in [1.54, 1.807) is 12.1 Å². The number of aromatic nitrogens is 1. The number of pyridine rings is 1. The average molecular weight is 407 g/mol. The van der Waals surface area contributed by atoms with E-state index in [0.29, 0.717) is 5.56 Å². The molecular formula is C19H13Cl2FN2O3. The van der Waals surface area contributed by atoms with Gasteiger partial charge in [0.15, 0.2) is 16.8 Å². The summed E-state index contributed by atoms with van der Waals surface area (Å²) >= 11 is 11.5. The van der Waals surface area contributed by atoms with Crippen molar-refractivity contribution in [2.75, 3.05) is 0 Å². The number of carbonyl (C=O) groups excluding carboxylic acids is 1. The maximum Gasteiger partial charge on any atom is 0.194 e. The third-order valence-corrected chi connectivity index (χ3v) is 4.41. The molecule has 3 aromatic rings. The van der Waals surface area contributed by atoms with Gasteiger partial charge in [-0.1, -0.05) is 17.7 Å². The summed E-state index contributed by atoms with van der Waals surface area (Å²) in [5.41, 5.74) is -0.333. The molecule has 5 nitrogen and oxygen atoms in total. The minimum atomic E-state index is -1.45. The largest absolute Gasteiger partial charge is 0.443 e. The fourth-order valence-electron chi connectivity index (χ4n) is 2.64. The minimum absolute atomic E-state index is 0.00402. The number of ketones is 1. The summed E-state index contributed by atoms with van der Waals surface area (Å²) in [5.74, 6) is -3.08. The summed E-state index contributed by atoms with van der Waals surface area (Å²) in [6, 6.07) is 9.51. The van der Waals surface area contributed by atoms with Crippen molar-refractivity contribution in [1.82, 2.24) is 4.98 Å². The summed E-state index contributed by atoms with van der Waals surface area (Å²) in [7, 11) is 0. The van der Waals surface area contributed by atoms with Crippen LogP contribution in [0.15, 0.2) is 59.3 Å². The van der Waals surface area contributed by atoms with Crippen molar-refractivity contribution < 1.29 is 18.7 Å². The molecule has 0 spiro atoms. The number of Topliss-reactive ketones (excluding diaryl/α,β-unsaturated/α-hetero) is 1. The van der Waals surface area contributed by atoms with Crippen molar-refractivity contribution in [3.63, 3.8) is 0 Å². The van der Waals surface area contributed by atoms with Gasteiger partial charge < -0.3 is 14.9 Å². The van der Waals surface area contributed by atoms with Crippen LogP contribution in [0, 0.1) is 17.1 Å². The van der Waals surface area contributed by atoms with E-state index in [-0.39, 0.29) is 27.3 Å². The van der Waals surface area contributed by atoms with E-state index in [2.05, 4.69) is 4.98 Å². The van der Waals surface area contributed by atoms with Crippen LogP contribution in [0.1, 0.15) is 27.8 Å². The predicted octanol–water partition coefficient (Wildman–Crippen LogP) is 4.72. The van der Waals surface area contributed by atoms with Gasteiger partial charge in [0.2, 0.25) is 0 Å². The predicted molar refractivity (Wildman–Crippen MR) is 99.0 cm³/mol. The molecule has 138 valence electrons. The van der Waals surface area contributed by atoms with Gasteiger partial charge >= 0.3 is 0 Å². The van der Waals surface area contributed by atoms with E-state index in [9.17, 15) is 14.3 Å². The molecule has 2 unspecified atom stereocenters. The molecule has 0 radical (unpaired) electrons. The molecule has 0 aliphatic rings. The standard InChI is InChI=1S/C19H13Cl2FN2O3/c20-11-3-4-12(13(22)8-11)19(26)16(17(23)14-5-6-15(21)27-14)18(25)10-2-1-7-24-9-10/h1-9,16,18,23,25H. The van der Waals surface area contributed by atoms with Gasteiger partial charge in [-0.2, -0.15) is 0 Å². The molecule has 2 atom stereocenters. The molecule has 0 saturated heterocycles. The van der Waals surface area contributed by atoms with E-state index in [4.69, 9.17) is 33.0 Å². The van der Waals surface area contributed by atoms with Crippen LogP contribution in [0.5, 0.6) is 0 Å². The summed E-state index contributed by atoms with van der Waals surface area (Å²) in [6.45, 7) is 0. The molecule has 2 N–H and O–H groups in total. The highest BCUT2D eigenvalue weighted by Crippen LogP contribution is 2.30. The zero-order chi connectivity index (χ0) is 19.6. The van der Waals surface area contributed by atoms with Crippen LogP contribution in [-0.4, -0.2) is 21.6 Å². The normalized spacial score (nSPS) is 13.2. The highest BCUT2D eigenvalue weighted by atomic mass is 35.5. The summed E-state index contributed by atoms with van der Waals surface area (Å²) in [6.07, 6.45) is 1.42. The summed E-state index contributed by atoms with van der Waals surface area (Å²) in [5, 5.41) is 19.3. The molecule has 0 aliphatic heterocycles. The van der Waals surface area contributed by atoms with E-state index in [0.717, 1.165) is 6.07 Å². The Hall–Kier alpha value is -2.54. The van der Waals surface area contributed by atoms with Gasteiger partial charge in [0.1, 0.15) is 5.82 Å². The van der Waals surface area contributed by atoms with E-state index < -0.39 is 23.6 Å². The van der Waals surface area contributed by atoms with E-state index >= 15 is 0 Å². The highest BCUT2D eigenvalue weighted by Gasteiger charge is 2.36. The molecule has 2 aromatic heterocycles. The van der Waals surface area contributed by atoms with Crippen LogP contribution in [0.25, 0.3) is 0 Å². The third kappa shape index (κ3) is 4.08. The maximum absolute atomic E-state index is 14.3. The number of aliphatic hydroxyl groups excluding tert-OH is 1.